The zero-order valence-electron chi connectivity index (χ0n) is 15.0. The van der Waals surface area contributed by atoms with E-state index in [1.807, 2.05) is 6.07 Å². The second kappa shape index (κ2) is 9.28. The van der Waals surface area contributed by atoms with Gasteiger partial charge in [-0.3, -0.25) is 9.63 Å². The zero-order chi connectivity index (χ0) is 19.9. The van der Waals surface area contributed by atoms with Crippen molar-refractivity contribution >= 4 is 21.9 Å². The number of hydroxylamine groups is 1. The van der Waals surface area contributed by atoms with E-state index in [9.17, 15) is 18.0 Å². The molecule has 1 aromatic carbocycles. The van der Waals surface area contributed by atoms with Gasteiger partial charge in [0.25, 0.3) is 15.9 Å². The van der Waals surface area contributed by atoms with Crippen LogP contribution in [0.2, 0.25) is 0 Å². The van der Waals surface area contributed by atoms with Crippen LogP contribution in [0.1, 0.15) is 23.7 Å². The minimum atomic E-state index is -3.92. The minimum absolute atomic E-state index is 0.0186. The molecule has 10 heteroatoms. The van der Waals surface area contributed by atoms with Gasteiger partial charge in [0.05, 0.1) is 30.1 Å². The van der Waals surface area contributed by atoms with Gasteiger partial charge in [-0.25, -0.2) is 13.2 Å². The third-order valence-corrected chi connectivity index (χ3v) is 5.21. The van der Waals surface area contributed by atoms with E-state index in [2.05, 4.69) is 4.84 Å². The Morgan fingerprint density at radius 1 is 1.31 bits per heavy atom. The van der Waals surface area contributed by atoms with E-state index in [-0.39, 0.29) is 23.4 Å². The molecule has 0 radical (unpaired) electrons. The number of amides is 1. The molecule has 9 nitrogen and oxygen atoms in total. The van der Waals surface area contributed by atoms with Gasteiger partial charge in [0.1, 0.15) is 0 Å². The molecule has 0 heterocycles. The molecule has 142 valence electrons. The van der Waals surface area contributed by atoms with Gasteiger partial charge in [-0.05, 0) is 25.1 Å². The summed E-state index contributed by atoms with van der Waals surface area (Å²) in [5.74, 6) is -1.30. The summed E-state index contributed by atoms with van der Waals surface area (Å²) in [5, 5.41) is 8.54. The first-order valence-corrected chi connectivity index (χ1v) is 9.05. The Bertz CT molecular complexity index is 802. The normalized spacial score (nSPS) is 12.3. The fourth-order valence-corrected chi connectivity index (χ4v) is 2.97. The first-order chi connectivity index (χ1) is 12.1. The van der Waals surface area contributed by atoms with Crippen LogP contribution in [0.3, 0.4) is 0 Å². The Labute approximate surface area is 152 Å². The lowest BCUT2D eigenvalue weighted by atomic mass is 10.2. The molecule has 0 aliphatic carbocycles. The van der Waals surface area contributed by atoms with E-state index < -0.39 is 28.0 Å². The summed E-state index contributed by atoms with van der Waals surface area (Å²) in [5.41, 5.74) is -0.0186. The van der Waals surface area contributed by atoms with Crippen LogP contribution >= 0.6 is 0 Å². The number of nitriles is 1. The van der Waals surface area contributed by atoms with E-state index in [1.54, 1.807) is 0 Å². The maximum atomic E-state index is 12.2. The Morgan fingerprint density at radius 2 is 1.96 bits per heavy atom. The molecule has 0 spiro atoms. The number of benzene rings is 1. The fraction of sp³-hybridized carbons (Fsp3) is 0.438. The highest BCUT2D eigenvalue weighted by atomic mass is 32.2. The maximum absolute atomic E-state index is 12.2. The number of hydrogen-bond acceptors (Lipinski definition) is 7. The van der Waals surface area contributed by atoms with Crippen molar-refractivity contribution in [2.24, 2.45) is 0 Å². The third-order valence-electron chi connectivity index (χ3n) is 3.53. The van der Waals surface area contributed by atoms with Crippen molar-refractivity contribution in [1.29, 1.82) is 5.26 Å². The standard InChI is InChI=1S/C16H21N3O6S/c1-12(15(20)18(2)10-6-9-17)25-16(21)13-7-5-8-14(11-13)26(22,23)19(3)24-4/h5,7-8,11-12H,6,10H2,1-4H3/t12-/m1/s1. The fourth-order valence-electron chi connectivity index (χ4n) is 1.95. The molecule has 1 amide bonds. The summed E-state index contributed by atoms with van der Waals surface area (Å²) in [7, 11) is 0.00232. The predicted molar refractivity (Wildman–Crippen MR) is 91.1 cm³/mol. The molecular weight excluding hydrogens is 362 g/mol. The number of carbonyl (C=O) groups excluding carboxylic acids is 2. The third kappa shape index (κ3) is 5.26. The Hall–Kier alpha value is -2.48. The molecule has 0 saturated heterocycles. The van der Waals surface area contributed by atoms with Gasteiger partial charge in [0, 0.05) is 20.6 Å². The largest absolute Gasteiger partial charge is 0.449 e. The Kier molecular flexibility index (Phi) is 7.70. The van der Waals surface area contributed by atoms with Crippen molar-refractivity contribution in [3.05, 3.63) is 29.8 Å². The van der Waals surface area contributed by atoms with Gasteiger partial charge in [-0.1, -0.05) is 10.5 Å². The maximum Gasteiger partial charge on any atom is 0.338 e. The lowest BCUT2D eigenvalue weighted by Gasteiger charge is -2.20. The first kappa shape index (κ1) is 21.6. The number of sulfonamides is 1. The van der Waals surface area contributed by atoms with E-state index in [0.717, 1.165) is 6.07 Å². The van der Waals surface area contributed by atoms with Crippen LogP contribution in [0.4, 0.5) is 0 Å². The number of carbonyl (C=O) groups is 2. The number of esters is 1. The molecule has 0 aromatic heterocycles. The average Bonchev–Trinajstić information content (AvgIpc) is 2.64. The van der Waals surface area contributed by atoms with Gasteiger partial charge >= 0.3 is 5.97 Å². The molecule has 1 atom stereocenters. The zero-order valence-corrected chi connectivity index (χ0v) is 15.8. The number of hydrogen-bond donors (Lipinski definition) is 0. The Morgan fingerprint density at radius 3 is 2.54 bits per heavy atom. The quantitative estimate of drug-likeness (QED) is 0.481. The molecule has 1 rings (SSSR count). The van der Waals surface area contributed by atoms with Gasteiger partial charge in [-0.2, -0.15) is 5.26 Å². The minimum Gasteiger partial charge on any atom is -0.449 e. The van der Waals surface area contributed by atoms with Crippen molar-refractivity contribution in [2.45, 2.75) is 24.3 Å². The molecule has 0 aliphatic heterocycles. The number of nitrogens with zero attached hydrogens (tertiary/aromatic N) is 3. The lowest BCUT2D eigenvalue weighted by molar-refractivity contribution is -0.138. The Balaban J connectivity index is 2.91. The summed E-state index contributed by atoms with van der Waals surface area (Å²) in [6, 6.07) is 7.14. The SMILES string of the molecule is CON(C)S(=O)(=O)c1cccc(C(=O)O[C@H](C)C(=O)N(C)CCC#N)c1. The summed E-state index contributed by atoms with van der Waals surface area (Å²) in [4.78, 5) is 30.1. The summed E-state index contributed by atoms with van der Waals surface area (Å²) < 4.78 is 30.2. The smallest absolute Gasteiger partial charge is 0.338 e. The van der Waals surface area contributed by atoms with Crippen molar-refractivity contribution in [3.8, 4) is 6.07 Å². The topological polar surface area (TPSA) is 117 Å². The van der Waals surface area contributed by atoms with Gasteiger partial charge in [-0.15, -0.1) is 0 Å². The number of rotatable bonds is 8. The highest BCUT2D eigenvalue weighted by molar-refractivity contribution is 7.89. The van der Waals surface area contributed by atoms with E-state index in [1.165, 1.54) is 51.2 Å². The first-order valence-electron chi connectivity index (χ1n) is 7.61. The number of ether oxygens (including phenoxy) is 1. The van der Waals surface area contributed by atoms with E-state index in [0.29, 0.717) is 4.47 Å². The lowest BCUT2D eigenvalue weighted by Crippen LogP contribution is -2.37. The van der Waals surface area contributed by atoms with Crippen LogP contribution < -0.4 is 0 Å². The van der Waals surface area contributed by atoms with Gasteiger partial charge < -0.3 is 9.64 Å². The molecule has 0 fully saturated rings. The summed E-state index contributed by atoms with van der Waals surface area (Å²) in [6.07, 6.45) is -0.913. The molecule has 0 unspecified atom stereocenters. The van der Waals surface area contributed by atoms with E-state index in [4.69, 9.17) is 10.00 Å². The second-order valence-electron chi connectivity index (χ2n) is 5.34. The second-order valence-corrected chi connectivity index (χ2v) is 7.28. The van der Waals surface area contributed by atoms with Crippen LogP contribution in [0, 0.1) is 11.3 Å². The average molecular weight is 383 g/mol. The van der Waals surface area contributed by atoms with Gasteiger partial charge in [0.15, 0.2) is 6.10 Å². The summed E-state index contributed by atoms with van der Waals surface area (Å²) >= 11 is 0. The molecule has 0 N–H and O–H groups in total. The van der Waals surface area contributed by atoms with E-state index >= 15 is 0 Å². The van der Waals surface area contributed by atoms with Crippen LogP contribution in [0.15, 0.2) is 29.2 Å². The molecule has 26 heavy (non-hydrogen) atoms. The van der Waals surface area contributed by atoms with Crippen LogP contribution in [0.25, 0.3) is 0 Å². The van der Waals surface area contributed by atoms with Crippen molar-refractivity contribution in [1.82, 2.24) is 9.37 Å². The van der Waals surface area contributed by atoms with Crippen molar-refractivity contribution in [2.75, 3.05) is 27.7 Å². The highest BCUT2D eigenvalue weighted by Crippen LogP contribution is 2.17. The monoisotopic (exact) mass is 383 g/mol. The molecule has 0 aliphatic rings. The van der Waals surface area contributed by atoms with Crippen molar-refractivity contribution < 1.29 is 27.6 Å². The number of likely N-dealkylation sites (N-methyl/N-ethyl adjacent to an activating group) is 1. The van der Waals surface area contributed by atoms with Crippen LogP contribution in [-0.2, 0) is 24.4 Å². The molecule has 0 saturated carbocycles. The molecule has 1 aromatic rings. The van der Waals surface area contributed by atoms with Crippen LogP contribution in [0.5, 0.6) is 0 Å². The van der Waals surface area contributed by atoms with Crippen molar-refractivity contribution in [3.63, 3.8) is 0 Å². The highest BCUT2D eigenvalue weighted by Gasteiger charge is 2.25. The molecule has 0 bridgehead atoms. The molecular formula is C16H21N3O6S. The van der Waals surface area contributed by atoms with Crippen LogP contribution in [-0.4, -0.2) is 63.5 Å². The van der Waals surface area contributed by atoms with Gasteiger partial charge in [0.2, 0.25) is 0 Å². The predicted octanol–water partition coefficient (Wildman–Crippen LogP) is 0.786. The summed E-state index contributed by atoms with van der Waals surface area (Å²) in [6.45, 7) is 1.62.